The predicted molar refractivity (Wildman–Crippen MR) is 290 cm³/mol. The van der Waals surface area contributed by atoms with Crippen molar-refractivity contribution in [1.82, 2.24) is 40.3 Å². The van der Waals surface area contributed by atoms with Crippen LogP contribution in [0.4, 0.5) is 22.2 Å². The number of hydrogen-bond acceptors (Lipinski definition) is 14. The van der Waals surface area contributed by atoms with E-state index in [0.29, 0.717) is 69.9 Å². The molecule has 3 atom stereocenters. The minimum atomic E-state index is -1.10. The Kier molecular flexibility index (Phi) is 22.2. The molecule has 1 aliphatic rings. The zero-order valence-electron chi connectivity index (χ0n) is 43.9. The Bertz CT molecular complexity index is 2710. The first-order valence-corrected chi connectivity index (χ1v) is 26.1. The predicted octanol–water partition coefficient (Wildman–Crippen LogP) is 5.02. The number of carbonyl (C=O) groups excluding carboxylic acids is 5. The number of nitrogen functional groups attached to an aromatic ring is 1. The highest BCUT2D eigenvalue weighted by Crippen LogP contribution is 2.28. The summed E-state index contributed by atoms with van der Waals surface area (Å²) in [6.07, 6.45) is 6.05. The molecule has 1 unspecified atom stereocenters. The van der Waals surface area contributed by atoms with Crippen LogP contribution in [0.2, 0.25) is 0 Å². The number of rotatable bonds is 29. The van der Waals surface area contributed by atoms with Gasteiger partial charge in [-0.05, 0) is 73.2 Å². The molecule has 0 bridgehead atoms. The van der Waals surface area contributed by atoms with E-state index in [1.54, 1.807) is 36.3 Å². The van der Waals surface area contributed by atoms with Gasteiger partial charge in [0.2, 0.25) is 29.6 Å². The zero-order chi connectivity index (χ0) is 54.4. The van der Waals surface area contributed by atoms with Crippen molar-refractivity contribution in [2.75, 3.05) is 69.3 Å². The smallest absolute Gasteiger partial charge is 0.410 e. The molecule has 3 aromatic carbocycles. The van der Waals surface area contributed by atoms with Gasteiger partial charge in [-0.25, -0.2) is 9.78 Å². The lowest BCUT2D eigenvalue weighted by Gasteiger charge is -2.34. The first kappa shape index (κ1) is 57.5. The minimum Gasteiger partial charge on any atom is -0.496 e. The van der Waals surface area contributed by atoms with Crippen molar-refractivity contribution in [3.63, 3.8) is 0 Å². The summed E-state index contributed by atoms with van der Waals surface area (Å²) in [5.41, 5.74) is 17.5. The fourth-order valence-corrected chi connectivity index (χ4v) is 8.77. The first-order valence-electron chi connectivity index (χ1n) is 26.1. The second kappa shape index (κ2) is 29.3. The Morgan fingerprint density at radius 1 is 0.789 bits per heavy atom. The number of fused-ring (bicyclic) bond motifs is 1. The third-order valence-electron chi connectivity index (χ3n) is 13.1. The van der Waals surface area contributed by atoms with Crippen molar-refractivity contribution in [1.29, 1.82) is 0 Å². The average Bonchev–Trinajstić information content (AvgIpc) is 3.81. The number of unbranched alkanes of at least 4 members (excludes halogenated alkanes) is 3. The number of aromatic nitrogens is 3. The van der Waals surface area contributed by atoms with Crippen LogP contribution in [0.15, 0.2) is 85.1 Å². The SMILES string of the molecule is CCCCCNc1nc(N)nc2ccn(Cc3ccc(CN4CCN(C(=O)OCc5ccc(NC(=O)[C@@H](CCCCN)NC(=O)[C@H](Cc6ccccc6)NC(=O)CCNC(=O)CC(C)C(=O)O)cc5)CC4)cc3OC)c12. The van der Waals surface area contributed by atoms with E-state index in [1.807, 2.05) is 42.6 Å². The van der Waals surface area contributed by atoms with Gasteiger partial charge in [0, 0.05) is 82.5 Å². The molecule has 21 nitrogen and oxygen atoms in total. The summed E-state index contributed by atoms with van der Waals surface area (Å²) >= 11 is 0. The number of carbonyl (C=O) groups is 6. The van der Waals surface area contributed by atoms with Gasteiger partial charge in [-0.15, -0.1) is 0 Å². The number of amides is 5. The summed E-state index contributed by atoms with van der Waals surface area (Å²) < 4.78 is 13.7. The van der Waals surface area contributed by atoms with Gasteiger partial charge < -0.3 is 62.1 Å². The van der Waals surface area contributed by atoms with Gasteiger partial charge in [0.05, 0.1) is 25.1 Å². The number of carboxylic acids is 1. The van der Waals surface area contributed by atoms with E-state index in [9.17, 15) is 28.8 Å². The average molecular weight is 1050 g/mol. The summed E-state index contributed by atoms with van der Waals surface area (Å²) in [5.74, 6) is -2.32. The number of nitrogens with one attached hydrogen (secondary N) is 5. The number of methoxy groups -OCH3 is 1. The standard InChI is InChI=1S/C55H74N12O9/c1-4-5-11-24-59-50-49-43(63-54(57)64-50)22-26-67(49)35-41-18-15-40(33-46(41)75-3)34-65-27-29-66(30-28-65)55(74)76-36-39-16-19-42(20-17-39)60-51(70)44(14-9-10-23-56)62-52(71)45(32-38-12-7-6-8-13-38)61-47(68)21-25-58-48(69)31-37(2)53(72)73/h6-8,12-13,15-20,22,26,33,37,44-45H,4-5,9-11,14,21,23-25,27-32,34-36,56H2,1-3H3,(H,58,69)(H,60,70)(H,61,68)(H,62,71)(H,72,73)(H3,57,59,63,64)/t37?,44-,45+/m1/s1. The van der Waals surface area contributed by atoms with Gasteiger partial charge in [0.25, 0.3) is 0 Å². The summed E-state index contributed by atoms with van der Waals surface area (Å²) in [5, 5.41) is 23.5. The minimum absolute atomic E-state index is 0.0265. The summed E-state index contributed by atoms with van der Waals surface area (Å²) in [6.45, 7) is 8.31. The van der Waals surface area contributed by atoms with E-state index in [-0.39, 0.29) is 44.8 Å². The number of nitrogens with two attached hydrogens (primary N) is 2. The normalized spacial score (nSPS) is 13.8. The van der Waals surface area contributed by atoms with E-state index in [2.05, 4.69) is 71.1 Å². The van der Waals surface area contributed by atoms with Crippen molar-refractivity contribution in [2.24, 2.45) is 11.7 Å². The Morgan fingerprint density at radius 2 is 1.54 bits per heavy atom. The van der Waals surface area contributed by atoms with Gasteiger partial charge >= 0.3 is 12.1 Å². The molecule has 5 amide bonds. The number of ether oxygens (including phenoxy) is 2. The Morgan fingerprint density at radius 3 is 2.25 bits per heavy atom. The molecular formula is C55H74N12O9. The maximum atomic E-state index is 13.9. The largest absolute Gasteiger partial charge is 0.496 e. The van der Waals surface area contributed by atoms with Crippen LogP contribution >= 0.6 is 0 Å². The highest BCUT2D eigenvalue weighted by Gasteiger charge is 2.28. The summed E-state index contributed by atoms with van der Waals surface area (Å²) in [4.78, 5) is 90.1. The molecule has 6 rings (SSSR count). The van der Waals surface area contributed by atoms with Crippen molar-refractivity contribution >= 4 is 64.2 Å². The number of piperazine rings is 1. The molecule has 0 spiro atoms. The number of aliphatic carboxylic acids is 1. The molecule has 1 saturated heterocycles. The number of anilines is 3. The molecule has 0 saturated carbocycles. The number of benzene rings is 3. The number of hydrogen-bond donors (Lipinski definition) is 8. The van der Waals surface area contributed by atoms with E-state index < -0.39 is 53.7 Å². The second-order valence-corrected chi connectivity index (χ2v) is 19.1. The van der Waals surface area contributed by atoms with Crippen LogP contribution in [0.25, 0.3) is 11.0 Å². The van der Waals surface area contributed by atoms with Crippen LogP contribution in [0.3, 0.4) is 0 Å². The van der Waals surface area contributed by atoms with E-state index in [0.717, 1.165) is 65.1 Å². The summed E-state index contributed by atoms with van der Waals surface area (Å²) in [6, 6.07) is 22.2. The maximum absolute atomic E-state index is 13.9. The van der Waals surface area contributed by atoms with Crippen LogP contribution in [0, 0.1) is 5.92 Å². The number of carboxylic acid groups (broad SMARTS) is 1. The van der Waals surface area contributed by atoms with Crippen LogP contribution in [-0.2, 0) is 54.8 Å². The van der Waals surface area contributed by atoms with E-state index >= 15 is 0 Å². The third-order valence-corrected chi connectivity index (χ3v) is 13.1. The molecule has 1 aliphatic heterocycles. The molecule has 1 fully saturated rings. The second-order valence-electron chi connectivity index (χ2n) is 19.1. The Hall–Kier alpha value is -7.78. The third kappa shape index (κ3) is 17.7. The van der Waals surface area contributed by atoms with E-state index in [1.165, 1.54) is 6.92 Å². The van der Waals surface area contributed by atoms with Gasteiger partial charge in [-0.2, -0.15) is 4.98 Å². The molecule has 0 radical (unpaired) electrons. The van der Waals surface area contributed by atoms with Gasteiger partial charge in [-0.3, -0.25) is 28.9 Å². The van der Waals surface area contributed by atoms with Crippen molar-refractivity contribution in [2.45, 2.75) is 103 Å². The van der Waals surface area contributed by atoms with Crippen molar-refractivity contribution in [3.05, 3.63) is 107 Å². The first-order chi connectivity index (χ1) is 36.7. The monoisotopic (exact) mass is 1050 g/mol. The van der Waals surface area contributed by atoms with Crippen LogP contribution < -0.4 is 42.8 Å². The molecule has 3 heterocycles. The summed E-state index contributed by atoms with van der Waals surface area (Å²) in [7, 11) is 1.67. The van der Waals surface area contributed by atoms with Crippen molar-refractivity contribution < 1.29 is 43.3 Å². The zero-order valence-corrected chi connectivity index (χ0v) is 43.9. The van der Waals surface area contributed by atoms with Gasteiger partial charge in [0.1, 0.15) is 30.0 Å². The fraction of sp³-hybridized carbons (Fsp3) is 0.455. The van der Waals surface area contributed by atoms with E-state index in [4.69, 9.17) is 26.0 Å². The van der Waals surface area contributed by atoms with Crippen LogP contribution in [0.5, 0.6) is 5.75 Å². The highest BCUT2D eigenvalue weighted by molar-refractivity contribution is 5.98. The van der Waals surface area contributed by atoms with Crippen LogP contribution in [-0.4, -0.2) is 130 Å². The fourth-order valence-electron chi connectivity index (χ4n) is 8.77. The molecule has 76 heavy (non-hydrogen) atoms. The van der Waals surface area contributed by atoms with Gasteiger partial charge in [-0.1, -0.05) is 81.3 Å². The quantitative estimate of drug-likeness (QED) is 0.0292. The maximum Gasteiger partial charge on any atom is 0.410 e. The van der Waals surface area contributed by atoms with Gasteiger partial charge in [0.15, 0.2) is 5.82 Å². The Labute approximate surface area is 443 Å². The molecule has 2 aromatic heterocycles. The topological polar surface area (TPSA) is 290 Å². The highest BCUT2D eigenvalue weighted by atomic mass is 16.6. The lowest BCUT2D eigenvalue weighted by Crippen LogP contribution is -2.53. The molecule has 21 heteroatoms. The Balaban J connectivity index is 0.968. The van der Waals surface area contributed by atoms with Crippen molar-refractivity contribution in [3.8, 4) is 5.75 Å². The molecule has 10 N–H and O–H groups in total. The molecule has 408 valence electrons. The molecule has 0 aliphatic carbocycles. The lowest BCUT2D eigenvalue weighted by molar-refractivity contribution is -0.143. The van der Waals surface area contributed by atoms with Crippen LogP contribution in [0.1, 0.15) is 87.5 Å². The lowest BCUT2D eigenvalue weighted by atomic mass is 10.0. The molecular weight excluding hydrogens is 973 g/mol. The number of nitrogens with zero attached hydrogens (tertiary/aromatic N) is 5. The molecule has 5 aromatic rings.